The van der Waals surface area contributed by atoms with Gasteiger partial charge in [0.1, 0.15) is 11.5 Å². The molecule has 156 valence electrons. The van der Waals surface area contributed by atoms with Crippen LogP contribution in [0.2, 0.25) is 0 Å². The highest BCUT2D eigenvalue weighted by atomic mass is 32.2. The molecular formula is C23H24N2O4S. The molecule has 0 unspecified atom stereocenters. The lowest BCUT2D eigenvalue weighted by molar-refractivity contribution is 0.0995. The van der Waals surface area contributed by atoms with Crippen molar-refractivity contribution in [2.45, 2.75) is 30.4 Å². The molecule has 0 spiro atoms. The van der Waals surface area contributed by atoms with Gasteiger partial charge >= 0.3 is 0 Å². The number of carbonyl (C=O) groups is 1. The molecule has 1 aromatic heterocycles. The lowest BCUT2D eigenvalue weighted by Crippen LogP contribution is -2.19. The van der Waals surface area contributed by atoms with E-state index in [1.807, 2.05) is 25.1 Å². The molecule has 1 amide bonds. The number of aryl methyl sites for hydroxylation is 1. The van der Waals surface area contributed by atoms with Gasteiger partial charge in [0.05, 0.1) is 4.90 Å². The number of amides is 1. The molecule has 0 aliphatic carbocycles. The van der Waals surface area contributed by atoms with Crippen LogP contribution in [0.1, 0.15) is 34.7 Å². The SMILES string of the molecule is Cc1cc(NC(=O)c2ccc(CS(=O)(=O)c3ccccc3)o2)ccc1N1CCCC1. The second-order valence-electron chi connectivity index (χ2n) is 7.49. The first-order valence-corrected chi connectivity index (χ1v) is 11.6. The zero-order chi connectivity index (χ0) is 21.1. The summed E-state index contributed by atoms with van der Waals surface area (Å²) in [4.78, 5) is 15.1. The Morgan fingerprint density at radius 2 is 1.77 bits per heavy atom. The van der Waals surface area contributed by atoms with Gasteiger partial charge in [-0.15, -0.1) is 0 Å². The standard InChI is InChI=1S/C23H24N2O4S/c1-17-15-18(9-11-21(17)25-13-5-6-14-25)24-23(26)22-12-10-19(29-22)16-30(27,28)20-7-3-2-4-8-20/h2-4,7-12,15H,5-6,13-14,16H2,1H3,(H,24,26). The highest BCUT2D eigenvalue weighted by Crippen LogP contribution is 2.27. The van der Waals surface area contributed by atoms with E-state index in [2.05, 4.69) is 10.2 Å². The van der Waals surface area contributed by atoms with Crippen molar-refractivity contribution in [2.75, 3.05) is 23.3 Å². The van der Waals surface area contributed by atoms with E-state index in [1.165, 1.54) is 30.7 Å². The van der Waals surface area contributed by atoms with E-state index in [-0.39, 0.29) is 22.2 Å². The van der Waals surface area contributed by atoms with Crippen molar-refractivity contribution in [2.24, 2.45) is 0 Å². The maximum atomic E-state index is 12.6. The molecule has 2 aromatic carbocycles. The van der Waals surface area contributed by atoms with Crippen LogP contribution in [-0.4, -0.2) is 27.4 Å². The van der Waals surface area contributed by atoms with Crippen LogP contribution >= 0.6 is 0 Å². The number of nitrogens with zero attached hydrogens (tertiary/aromatic N) is 1. The molecule has 6 nitrogen and oxygen atoms in total. The Morgan fingerprint density at radius 3 is 2.47 bits per heavy atom. The zero-order valence-corrected chi connectivity index (χ0v) is 17.6. The molecule has 3 aromatic rings. The largest absolute Gasteiger partial charge is 0.455 e. The first-order chi connectivity index (χ1) is 14.4. The van der Waals surface area contributed by atoms with E-state index in [0.717, 1.165) is 18.7 Å². The molecule has 1 saturated heterocycles. The minimum absolute atomic E-state index is 0.0783. The summed E-state index contributed by atoms with van der Waals surface area (Å²) in [5.74, 6) is -0.403. The summed E-state index contributed by atoms with van der Waals surface area (Å²) in [5.41, 5.74) is 2.97. The molecule has 0 radical (unpaired) electrons. The number of anilines is 2. The van der Waals surface area contributed by atoms with Crippen molar-refractivity contribution >= 4 is 27.1 Å². The summed E-state index contributed by atoms with van der Waals surface area (Å²) in [7, 11) is -3.53. The van der Waals surface area contributed by atoms with Crippen LogP contribution in [0, 0.1) is 6.92 Å². The van der Waals surface area contributed by atoms with Crippen LogP contribution in [0.25, 0.3) is 0 Å². The van der Waals surface area contributed by atoms with Gasteiger partial charge in [0.2, 0.25) is 0 Å². The Morgan fingerprint density at radius 1 is 1.03 bits per heavy atom. The van der Waals surface area contributed by atoms with Crippen LogP contribution in [0.3, 0.4) is 0 Å². The molecule has 30 heavy (non-hydrogen) atoms. The normalized spacial score (nSPS) is 14.1. The molecule has 4 rings (SSSR count). The first kappa shape index (κ1) is 20.2. The minimum Gasteiger partial charge on any atom is -0.455 e. The summed E-state index contributed by atoms with van der Waals surface area (Å²) in [5, 5.41) is 2.82. The predicted octanol–water partition coefficient (Wildman–Crippen LogP) is 4.41. The zero-order valence-electron chi connectivity index (χ0n) is 16.8. The minimum atomic E-state index is -3.53. The smallest absolute Gasteiger partial charge is 0.291 e. The maximum absolute atomic E-state index is 12.6. The molecular weight excluding hydrogens is 400 g/mol. The molecule has 0 bridgehead atoms. The predicted molar refractivity (Wildman–Crippen MR) is 117 cm³/mol. The van der Waals surface area contributed by atoms with Crippen molar-refractivity contribution in [3.8, 4) is 0 Å². The fourth-order valence-electron chi connectivity index (χ4n) is 3.71. The molecule has 1 fully saturated rings. The van der Waals surface area contributed by atoms with Crippen LogP contribution in [-0.2, 0) is 15.6 Å². The maximum Gasteiger partial charge on any atom is 0.291 e. The Balaban J connectivity index is 1.44. The third-order valence-electron chi connectivity index (χ3n) is 5.22. The van der Waals surface area contributed by atoms with Gasteiger partial charge in [-0.3, -0.25) is 4.79 Å². The number of hydrogen-bond acceptors (Lipinski definition) is 5. The van der Waals surface area contributed by atoms with Gasteiger partial charge in [-0.25, -0.2) is 8.42 Å². The lowest BCUT2D eigenvalue weighted by Gasteiger charge is -2.20. The van der Waals surface area contributed by atoms with E-state index < -0.39 is 15.7 Å². The molecule has 0 atom stereocenters. The van der Waals surface area contributed by atoms with Gasteiger partial charge in [-0.2, -0.15) is 0 Å². The van der Waals surface area contributed by atoms with Crippen molar-refractivity contribution in [3.63, 3.8) is 0 Å². The summed E-state index contributed by atoms with van der Waals surface area (Å²) in [6, 6.07) is 17.0. The fourth-order valence-corrected chi connectivity index (χ4v) is 4.98. The third-order valence-corrected chi connectivity index (χ3v) is 6.88. The average molecular weight is 425 g/mol. The molecule has 1 aliphatic rings. The molecule has 1 N–H and O–H groups in total. The summed E-state index contributed by atoms with van der Waals surface area (Å²) in [6.07, 6.45) is 2.41. The van der Waals surface area contributed by atoms with Gasteiger partial charge < -0.3 is 14.6 Å². The number of furan rings is 1. The van der Waals surface area contributed by atoms with Crippen molar-refractivity contribution in [3.05, 3.63) is 77.7 Å². The van der Waals surface area contributed by atoms with Gasteiger partial charge in [-0.1, -0.05) is 18.2 Å². The Bertz CT molecular complexity index is 1150. The van der Waals surface area contributed by atoms with Crippen LogP contribution in [0.4, 0.5) is 11.4 Å². The number of hydrogen-bond donors (Lipinski definition) is 1. The molecule has 0 saturated carbocycles. The molecule has 7 heteroatoms. The highest BCUT2D eigenvalue weighted by Gasteiger charge is 2.20. The van der Waals surface area contributed by atoms with E-state index in [4.69, 9.17) is 4.42 Å². The second-order valence-corrected chi connectivity index (χ2v) is 9.48. The Kier molecular flexibility index (Phi) is 5.63. The van der Waals surface area contributed by atoms with E-state index in [1.54, 1.807) is 30.3 Å². The molecule has 1 aliphatic heterocycles. The van der Waals surface area contributed by atoms with Crippen LogP contribution < -0.4 is 10.2 Å². The second kappa shape index (κ2) is 8.36. The number of rotatable bonds is 6. The Labute approximate surface area is 176 Å². The van der Waals surface area contributed by atoms with Gasteiger partial charge in [0, 0.05) is 24.5 Å². The van der Waals surface area contributed by atoms with E-state index in [0.29, 0.717) is 5.69 Å². The van der Waals surface area contributed by atoms with Crippen molar-refractivity contribution in [1.82, 2.24) is 0 Å². The van der Waals surface area contributed by atoms with E-state index in [9.17, 15) is 13.2 Å². The summed E-state index contributed by atoms with van der Waals surface area (Å²) >= 11 is 0. The van der Waals surface area contributed by atoms with Gasteiger partial charge in [0.25, 0.3) is 5.91 Å². The van der Waals surface area contributed by atoms with E-state index >= 15 is 0 Å². The number of carbonyl (C=O) groups excluding carboxylic acids is 1. The van der Waals surface area contributed by atoms with Gasteiger partial charge in [-0.05, 0) is 67.8 Å². The van der Waals surface area contributed by atoms with Crippen molar-refractivity contribution in [1.29, 1.82) is 0 Å². The summed E-state index contributed by atoms with van der Waals surface area (Å²) in [6.45, 7) is 4.16. The number of nitrogens with one attached hydrogen (secondary N) is 1. The van der Waals surface area contributed by atoms with Crippen LogP contribution in [0.5, 0.6) is 0 Å². The molecule has 2 heterocycles. The topological polar surface area (TPSA) is 79.6 Å². The fraction of sp³-hybridized carbons (Fsp3) is 0.261. The van der Waals surface area contributed by atoms with Crippen molar-refractivity contribution < 1.29 is 17.6 Å². The number of benzene rings is 2. The van der Waals surface area contributed by atoms with Gasteiger partial charge in [0.15, 0.2) is 15.6 Å². The summed E-state index contributed by atoms with van der Waals surface area (Å²) < 4.78 is 30.5. The highest BCUT2D eigenvalue weighted by molar-refractivity contribution is 7.90. The lowest BCUT2D eigenvalue weighted by atomic mass is 10.1. The monoisotopic (exact) mass is 424 g/mol. The average Bonchev–Trinajstić information content (AvgIpc) is 3.41. The third kappa shape index (κ3) is 4.41. The Hall–Kier alpha value is -3.06. The number of sulfone groups is 1. The van der Waals surface area contributed by atoms with Crippen LogP contribution in [0.15, 0.2) is 70.0 Å². The quantitative estimate of drug-likeness (QED) is 0.634. The first-order valence-electron chi connectivity index (χ1n) is 9.96.